The van der Waals surface area contributed by atoms with Crippen molar-refractivity contribution in [3.63, 3.8) is 0 Å². The lowest BCUT2D eigenvalue weighted by Crippen LogP contribution is -2.13. The first-order valence-corrected chi connectivity index (χ1v) is 8.97. The Hall–Kier alpha value is -3.21. The van der Waals surface area contributed by atoms with Gasteiger partial charge in [0.25, 0.3) is 0 Å². The van der Waals surface area contributed by atoms with E-state index in [-0.39, 0.29) is 11.7 Å². The number of Topliss-reactive ketones (excluding diaryl/α,β-unsaturated/α-hetero) is 1. The first kappa shape index (κ1) is 18.6. The fraction of sp³-hybridized carbons (Fsp3) is 0.227. The van der Waals surface area contributed by atoms with E-state index in [4.69, 9.17) is 0 Å². The van der Waals surface area contributed by atoms with Gasteiger partial charge in [0.1, 0.15) is 0 Å². The van der Waals surface area contributed by atoms with Crippen molar-refractivity contribution in [2.75, 3.05) is 5.32 Å². The lowest BCUT2D eigenvalue weighted by atomic mass is 10.1. The van der Waals surface area contributed by atoms with Gasteiger partial charge in [-0.1, -0.05) is 18.2 Å². The number of nitrogens with one attached hydrogen (secondary N) is 1. The van der Waals surface area contributed by atoms with Crippen molar-refractivity contribution in [2.45, 2.75) is 33.6 Å². The second-order valence-corrected chi connectivity index (χ2v) is 6.58. The van der Waals surface area contributed by atoms with Crippen LogP contribution >= 0.6 is 0 Å². The molecule has 1 heterocycles. The van der Waals surface area contributed by atoms with Crippen LogP contribution in [0.2, 0.25) is 0 Å². The summed E-state index contributed by atoms with van der Waals surface area (Å²) in [6, 6.07) is 16.9. The molecular weight excluding hydrogens is 338 g/mol. The molecule has 0 atom stereocenters. The third-order valence-corrected chi connectivity index (χ3v) is 4.62. The Kier molecular flexibility index (Phi) is 5.50. The predicted octanol–water partition coefficient (Wildman–Crippen LogP) is 4.26. The van der Waals surface area contributed by atoms with Crippen LogP contribution in [0.5, 0.6) is 0 Å². The predicted molar refractivity (Wildman–Crippen MR) is 106 cm³/mol. The number of aromatic nitrogens is 2. The van der Waals surface area contributed by atoms with Crippen LogP contribution in [0.4, 0.5) is 5.69 Å². The van der Waals surface area contributed by atoms with E-state index < -0.39 is 0 Å². The largest absolute Gasteiger partial charge is 0.326 e. The van der Waals surface area contributed by atoms with Gasteiger partial charge >= 0.3 is 0 Å². The van der Waals surface area contributed by atoms with Crippen LogP contribution in [-0.4, -0.2) is 21.5 Å². The third kappa shape index (κ3) is 4.31. The van der Waals surface area contributed by atoms with Gasteiger partial charge in [0, 0.05) is 23.4 Å². The number of anilines is 1. The van der Waals surface area contributed by atoms with Gasteiger partial charge in [-0.3, -0.25) is 9.59 Å². The van der Waals surface area contributed by atoms with E-state index in [0.717, 1.165) is 22.6 Å². The van der Waals surface area contributed by atoms with E-state index in [1.54, 1.807) is 24.3 Å². The molecule has 5 nitrogen and oxygen atoms in total. The van der Waals surface area contributed by atoms with Crippen molar-refractivity contribution < 1.29 is 9.59 Å². The van der Waals surface area contributed by atoms with Crippen molar-refractivity contribution in [3.8, 4) is 5.69 Å². The first-order chi connectivity index (χ1) is 13.0. The van der Waals surface area contributed by atoms with E-state index in [9.17, 15) is 9.59 Å². The number of para-hydroxylation sites is 1. The summed E-state index contributed by atoms with van der Waals surface area (Å²) in [7, 11) is 0. The second kappa shape index (κ2) is 7.99. The van der Waals surface area contributed by atoms with E-state index >= 15 is 0 Å². The lowest BCUT2D eigenvalue weighted by Gasteiger charge is -2.07. The maximum absolute atomic E-state index is 12.3. The number of carbonyl (C=O) groups is 2. The van der Waals surface area contributed by atoms with Crippen molar-refractivity contribution in [3.05, 3.63) is 77.1 Å². The number of rotatable bonds is 6. The minimum Gasteiger partial charge on any atom is -0.326 e. The normalized spacial score (nSPS) is 10.6. The van der Waals surface area contributed by atoms with Crippen LogP contribution in [0.1, 0.15) is 40.7 Å². The molecule has 0 saturated carbocycles. The Morgan fingerprint density at radius 1 is 1.00 bits per heavy atom. The van der Waals surface area contributed by atoms with Crippen LogP contribution in [0.15, 0.2) is 54.6 Å². The maximum atomic E-state index is 12.3. The molecule has 0 aliphatic carbocycles. The van der Waals surface area contributed by atoms with E-state index in [2.05, 4.69) is 10.4 Å². The fourth-order valence-electron chi connectivity index (χ4n) is 3.11. The van der Waals surface area contributed by atoms with Crippen LogP contribution < -0.4 is 5.32 Å². The number of hydrogen-bond acceptors (Lipinski definition) is 3. The molecule has 0 fully saturated rings. The minimum absolute atomic E-state index is 0.00857. The summed E-state index contributed by atoms with van der Waals surface area (Å²) in [6.07, 6.45) is 0.998. The van der Waals surface area contributed by atoms with Gasteiger partial charge in [-0.2, -0.15) is 5.10 Å². The summed E-state index contributed by atoms with van der Waals surface area (Å²) in [5, 5.41) is 7.50. The molecule has 27 heavy (non-hydrogen) atoms. The summed E-state index contributed by atoms with van der Waals surface area (Å²) in [5.41, 5.74) is 5.43. The highest BCUT2D eigenvalue weighted by Crippen LogP contribution is 2.19. The van der Waals surface area contributed by atoms with Crippen LogP contribution in [0, 0.1) is 13.8 Å². The summed E-state index contributed by atoms with van der Waals surface area (Å²) >= 11 is 0. The van der Waals surface area contributed by atoms with Crippen molar-refractivity contribution in [1.82, 2.24) is 9.78 Å². The monoisotopic (exact) mass is 361 g/mol. The van der Waals surface area contributed by atoms with Gasteiger partial charge in [-0.25, -0.2) is 4.68 Å². The lowest BCUT2D eigenvalue weighted by molar-refractivity contribution is -0.116. The standard InChI is InChI=1S/C22H23N3O2/c1-15-21(16(2)25(24-15)20-7-5-4-6-8-20)13-14-22(27)23-19-11-9-18(10-12-19)17(3)26/h4-12H,13-14H2,1-3H3,(H,23,27). The van der Waals surface area contributed by atoms with E-state index in [1.807, 2.05) is 48.9 Å². The fourth-order valence-corrected chi connectivity index (χ4v) is 3.11. The van der Waals surface area contributed by atoms with Gasteiger partial charge in [-0.05, 0) is 69.2 Å². The average molecular weight is 361 g/mol. The molecule has 0 aliphatic rings. The molecule has 1 N–H and O–H groups in total. The molecule has 0 spiro atoms. The van der Waals surface area contributed by atoms with Gasteiger partial charge in [0.2, 0.25) is 5.91 Å². The number of benzene rings is 2. The quantitative estimate of drug-likeness (QED) is 0.667. The molecule has 5 heteroatoms. The number of aryl methyl sites for hydroxylation is 1. The number of hydrogen-bond donors (Lipinski definition) is 1. The zero-order valence-electron chi connectivity index (χ0n) is 15.8. The Labute approximate surface area is 159 Å². The van der Waals surface area contributed by atoms with Crippen LogP contribution in [0.25, 0.3) is 5.69 Å². The van der Waals surface area contributed by atoms with Crippen molar-refractivity contribution >= 4 is 17.4 Å². The molecular formula is C22H23N3O2. The van der Waals surface area contributed by atoms with Gasteiger partial charge < -0.3 is 5.32 Å². The Bertz CT molecular complexity index is 957. The highest BCUT2D eigenvalue weighted by Gasteiger charge is 2.14. The highest BCUT2D eigenvalue weighted by atomic mass is 16.1. The summed E-state index contributed by atoms with van der Waals surface area (Å²) in [4.78, 5) is 23.6. The molecule has 3 rings (SSSR count). The van der Waals surface area contributed by atoms with Crippen LogP contribution in [0.3, 0.4) is 0 Å². The molecule has 1 amide bonds. The smallest absolute Gasteiger partial charge is 0.224 e. The highest BCUT2D eigenvalue weighted by molar-refractivity contribution is 5.95. The molecule has 3 aromatic rings. The second-order valence-electron chi connectivity index (χ2n) is 6.58. The number of amides is 1. The first-order valence-electron chi connectivity index (χ1n) is 8.97. The molecule has 0 saturated heterocycles. The Morgan fingerprint density at radius 2 is 1.67 bits per heavy atom. The summed E-state index contributed by atoms with van der Waals surface area (Å²) < 4.78 is 1.92. The molecule has 2 aromatic carbocycles. The molecule has 0 bridgehead atoms. The molecule has 138 valence electrons. The number of ketones is 1. The van der Waals surface area contributed by atoms with Gasteiger partial charge in [-0.15, -0.1) is 0 Å². The van der Waals surface area contributed by atoms with Gasteiger partial charge in [0.15, 0.2) is 5.78 Å². The van der Waals surface area contributed by atoms with E-state index in [1.165, 1.54) is 6.92 Å². The SMILES string of the molecule is CC(=O)c1ccc(NC(=O)CCc2c(C)nn(-c3ccccc3)c2C)cc1. The zero-order chi connectivity index (χ0) is 19.4. The average Bonchev–Trinajstić information content (AvgIpc) is 2.95. The Balaban J connectivity index is 1.65. The zero-order valence-corrected chi connectivity index (χ0v) is 15.8. The number of carbonyl (C=O) groups excluding carboxylic acids is 2. The van der Waals surface area contributed by atoms with Crippen molar-refractivity contribution in [1.29, 1.82) is 0 Å². The third-order valence-electron chi connectivity index (χ3n) is 4.62. The van der Waals surface area contributed by atoms with Crippen LogP contribution in [-0.2, 0) is 11.2 Å². The molecule has 0 radical (unpaired) electrons. The summed E-state index contributed by atoms with van der Waals surface area (Å²) in [6.45, 7) is 5.52. The molecule has 0 unspecified atom stereocenters. The minimum atomic E-state index is -0.0585. The van der Waals surface area contributed by atoms with E-state index in [0.29, 0.717) is 24.1 Å². The molecule has 0 aliphatic heterocycles. The molecule has 1 aromatic heterocycles. The Morgan fingerprint density at radius 3 is 2.30 bits per heavy atom. The van der Waals surface area contributed by atoms with Crippen molar-refractivity contribution in [2.24, 2.45) is 0 Å². The topological polar surface area (TPSA) is 64.0 Å². The van der Waals surface area contributed by atoms with Gasteiger partial charge in [0.05, 0.1) is 11.4 Å². The summed E-state index contributed by atoms with van der Waals surface area (Å²) in [5.74, 6) is -0.0499. The number of nitrogens with zero attached hydrogens (tertiary/aromatic N) is 2. The maximum Gasteiger partial charge on any atom is 0.224 e.